The van der Waals surface area contributed by atoms with E-state index in [0.717, 1.165) is 16.0 Å². The molecule has 0 atom stereocenters. The van der Waals surface area contributed by atoms with Gasteiger partial charge in [-0.05, 0) is 55.7 Å². The van der Waals surface area contributed by atoms with E-state index in [1.807, 2.05) is 24.3 Å². The van der Waals surface area contributed by atoms with Gasteiger partial charge < -0.3 is 19.5 Å². The number of hydrogen-bond acceptors (Lipinski definition) is 7. The lowest BCUT2D eigenvalue weighted by Crippen LogP contribution is -2.37. The maximum Gasteiger partial charge on any atom is 0.417 e. The molecule has 2 N–H and O–H groups in total. The molecule has 35 heavy (non-hydrogen) atoms. The Morgan fingerprint density at radius 1 is 0.829 bits per heavy atom. The van der Waals surface area contributed by atoms with Crippen LogP contribution >= 0.6 is 0 Å². The second-order valence-electron chi connectivity index (χ2n) is 7.44. The first-order valence-electron chi connectivity index (χ1n) is 10.8. The van der Waals surface area contributed by atoms with Crippen molar-refractivity contribution in [2.75, 3.05) is 37.5 Å². The Kier molecular flexibility index (Phi) is 10.3. The Labute approximate surface area is 203 Å². The van der Waals surface area contributed by atoms with E-state index < -0.39 is 24.2 Å². The molecule has 10 heteroatoms. The minimum Gasteiger partial charge on any atom is -0.459 e. The van der Waals surface area contributed by atoms with Crippen LogP contribution in [0.25, 0.3) is 0 Å². The van der Waals surface area contributed by atoms with E-state index in [9.17, 15) is 19.2 Å². The second kappa shape index (κ2) is 13.4. The number of benzene rings is 2. The highest BCUT2D eigenvalue weighted by atomic mass is 16.6. The van der Waals surface area contributed by atoms with Crippen molar-refractivity contribution in [2.24, 2.45) is 0 Å². The molecule has 186 valence electrons. The number of carbonyl (C=O) groups is 4. The van der Waals surface area contributed by atoms with Crippen LogP contribution in [0.5, 0.6) is 0 Å². The van der Waals surface area contributed by atoms with Crippen LogP contribution in [-0.4, -0.2) is 56.0 Å². The second-order valence-corrected chi connectivity index (χ2v) is 7.44. The van der Waals surface area contributed by atoms with Gasteiger partial charge in [-0.15, -0.1) is 0 Å². The third-order valence-corrected chi connectivity index (χ3v) is 4.56. The fourth-order valence-corrected chi connectivity index (χ4v) is 2.70. The molecule has 0 aliphatic carbocycles. The lowest BCUT2D eigenvalue weighted by Gasteiger charge is -2.15. The molecular weight excluding hydrogens is 454 g/mol. The fourth-order valence-electron chi connectivity index (χ4n) is 2.70. The highest BCUT2D eigenvalue weighted by Crippen LogP contribution is 2.16. The number of urea groups is 1. The molecule has 10 nitrogen and oxygen atoms in total. The van der Waals surface area contributed by atoms with E-state index in [4.69, 9.17) is 14.2 Å². The molecule has 0 aromatic heterocycles. The first kappa shape index (κ1) is 26.9. The number of amides is 4. The molecule has 0 aliphatic heterocycles. The summed E-state index contributed by atoms with van der Waals surface area (Å²) in [6.07, 6.45) is -0.747. The van der Waals surface area contributed by atoms with Crippen molar-refractivity contribution < 1.29 is 33.4 Å². The van der Waals surface area contributed by atoms with Crippen LogP contribution in [0.15, 0.2) is 60.7 Å². The number of carbonyl (C=O) groups excluding carboxylic acids is 4. The summed E-state index contributed by atoms with van der Waals surface area (Å²) < 4.78 is 14.6. The Morgan fingerprint density at radius 2 is 1.34 bits per heavy atom. The molecule has 0 radical (unpaired) electrons. The lowest BCUT2D eigenvalue weighted by atomic mass is 10.0. The Hall–Kier alpha value is -4.34. The van der Waals surface area contributed by atoms with Gasteiger partial charge in [0.15, 0.2) is 0 Å². The summed E-state index contributed by atoms with van der Waals surface area (Å²) in [5.41, 5.74) is 3.39. The number of esters is 1. The number of hydrogen-bond donors (Lipinski definition) is 2. The average Bonchev–Trinajstić information content (AvgIpc) is 2.83. The Morgan fingerprint density at radius 3 is 1.86 bits per heavy atom. The molecule has 0 fully saturated rings. The van der Waals surface area contributed by atoms with Gasteiger partial charge in [0.25, 0.3) is 0 Å². The first-order valence-corrected chi connectivity index (χ1v) is 10.8. The highest BCUT2D eigenvalue weighted by Gasteiger charge is 2.17. The maximum atomic E-state index is 12.1. The van der Waals surface area contributed by atoms with Gasteiger partial charge in [0.2, 0.25) is 0 Å². The highest BCUT2D eigenvalue weighted by molar-refractivity contribution is 5.98. The van der Waals surface area contributed by atoms with Crippen LogP contribution < -0.4 is 10.6 Å². The van der Waals surface area contributed by atoms with Gasteiger partial charge in [-0.1, -0.05) is 30.8 Å². The van der Waals surface area contributed by atoms with E-state index in [2.05, 4.69) is 17.2 Å². The van der Waals surface area contributed by atoms with Crippen molar-refractivity contribution in [1.82, 2.24) is 4.90 Å². The molecule has 0 bridgehead atoms. The van der Waals surface area contributed by atoms with Crippen LogP contribution in [-0.2, 0) is 25.4 Å². The minimum atomic E-state index is -0.725. The van der Waals surface area contributed by atoms with Crippen molar-refractivity contribution >= 4 is 35.6 Å². The van der Waals surface area contributed by atoms with Gasteiger partial charge in [0.1, 0.15) is 13.2 Å². The largest absolute Gasteiger partial charge is 0.459 e. The van der Waals surface area contributed by atoms with Crippen LogP contribution in [0.2, 0.25) is 0 Å². The molecule has 0 saturated heterocycles. The smallest absolute Gasteiger partial charge is 0.417 e. The molecule has 4 amide bonds. The van der Waals surface area contributed by atoms with Gasteiger partial charge in [0, 0.05) is 24.0 Å². The number of nitrogens with one attached hydrogen (secondary N) is 2. The van der Waals surface area contributed by atoms with Gasteiger partial charge in [-0.25, -0.2) is 24.1 Å². The third-order valence-electron chi connectivity index (χ3n) is 4.56. The fraction of sp³-hybridized carbons (Fsp3) is 0.280. The summed E-state index contributed by atoms with van der Waals surface area (Å²) in [6, 6.07) is 13.9. The predicted molar refractivity (Wildman–Crippen MR) is 130 cm³/mol. The molecule has 0 unspecified atom stereocenters. The summed E-state index contributed by atoms with van der Waals surface area (Å²) in [5.74, 6) is -0.536. The van der Waals surface area contributed by atoms with E-state index >= 15 is 0 Å². The van der Waals surface area contributed by atoms with Crippen molar-refractivity contribution in [3.63, 3.8) is 0 Å². The molecule has 2 aromatic rings. The number of imide groups is 1. The summed E-state index contributed by atoms with van der Waals surface area (Å²) in [4.78, 5) is 47.7. The Balaban J connectivity index is 1.80. The van der Waals surface area contributed by atoms with Crippen molar-refractivity contribution in [2.45, 2.75) is 20.3 Å². The van der Waals surface area contributed by atoms with Gasteiger partial charge in [0.05, 0.1) is 6.61 Å². The van der Waals surface area contributed by atoms with Crippen molar-refractivity contribution in [1.29, 1.82) is 0 Å². The normalized spacial score (nSPS) is 10.0. The van der Waals surface area contributed by atoms with E-state index in [0.29, 0.717) is 17.8 Å². The van der Waals surface area contributed by atoms with Gasteiger partial charge in [-0.2, -0.15) is 0 Å². The first-order chi connectivity index (χ1) is 16.7. The topological polar surface area (TPSA) is 123 Å². The lowest BCUT2D eigenvalue weighted by molar-refractivity contribution is -0.139. The zero-order chi connectivity index (χ0) is 25.8. The summed E-state index contributed by atoms with van der Waals surface area (Å²) in [5, 5.41) is 5.23. The summed E-state index contributed by atoms with van der Waals surface area (Å²) in [7, 11) is 1.33. The van der Waals surface area contributed by atoms with E-state index in [1.54, 1.807) is 31.2 Å². The van der Waals surface area contributed by atoms with Crippen molar-refractivity contribution in [3.05, 3.63) is 71.8 Å². The quantitative estimate of drug-likeness (QED) is 0.232. The Bertz CT molecular complexity index is 1050. The SMILES string of the molecule is C=C(C)C(=O)OCCOC(=O)Nc1ccc(Cc2ccc(NC(=O)N(C)C(=O)OCC)cc2)cc1. The van der Waals surface area contributed by atoms with Crippen molar-refractivity contribution in [3.8, 4) is 0 Å². The molecule has 0 spiro atoms. The van der Waals surface area contributed by atoms with Crippen LogP contribution in [0.1, 0.15) is 25.0 Å². The monoisotopic (exact) mass is 483 g/mol. The number of rotatable bonds is 9. The third kappa shape index (κ3) is 9.20. The predicted octanol–water partition coefficient (Wildman–Crippen LogP) is 4.57. The molecule has 0 aliphatic rings. The summed E-state index contributed by atoms with van der Waals surface area (Å²) >= 11 is 0. The van der Waals surface area contributed by atoms with Gasteiger partial charge in [-0.3, -0.25) is 5.32 Å². The molecule has 2 aromatic carbocycles. The molecule has 2 rings (SSSR count). The number of anilines is 2. The number of nitrogens with zero attached hydrogens (tertiary/aromatic N) is 1. The minimum absolute atomic E-state index is 0.0530. The number of ether oxygens (including phenoxy) is 3. The zero-order valence-corrected chi connectivity index (χ0v) is 20.0. The van der Waals surface area contributed by atoms with Crippen LogP contribution in [0, 0.1) is 0 Å². The maximum absolute atomic E-state index is 12.1. The average molecular weight is 484 g/mol. The van der Waals surface area contributed by atoms with Gasteiger partial charge >= 0.3 is 24.2 Å². The van der Waals surface area contributed by atoms with Crippen LogP contribution in [0.3, 0.4) is 0 Å². The molecular formula is C25H29N3O7. The van der Waals surface area contributed by atoms with Crippen LogP contribution in [0.4, 0.5) is 25.8 Å². The standard InChI is InChI=1S/C25H29N3O7/c1-5-33-25(32)28(4)23(30)26-20-10-6-18(7-11-20)16-19-8-12-21(13-9-19)27-24(31)35-15-14-34-22(29)17(2)3/h6-13H,2,5,14-16H2,1,3-4H3,(H,26,30)(H,27,31). The summed E-state index contributed by atoms with van der Waals surface area (Å²) in [6.45, 7) is 6.71. The molecule has 0 saturated carbocycles. The van der Waals surface area contributed by atoms with E-state index in [-0.39, 0.29) is 25.4 Å². The molecule has 0 heterocycles. The van der Waals surface area contributed by atoms with E-state index in [1.165, 1.54) is 14.0 Å². The zero-order valence-electron chi connectivity index (χ0n) is 20.0.